The zero-order valence-corrected chi connectivity index (χ0v) is 21.2. The van der Waals surface area contributed by atoms with Crippen molar-refractivity contribution < 1.29 is 14.3 Å². The van der Waals surface area contributed by atoms with Gasteiger partial charge in [0.15, 0.2) is 16.6 Å². The van der Waals surface area contributed by atoms with E-state index < -0.39 is 17.6 Å². The Morgan fingerprint density at radius 2 is 1.89 bits per heavy atom. The second kappa shape index (κ2) is 10.3. The second-order valence-corrected chi connectivity index (χ2v) is 9.61. The van der Waals surface area contributed by atoms with E-state index in [1.54, 1.807) is 39.4 Å². The molecule has 4 rings (SSSR count). The van der Waals surface area contributed by atoms with Gasteiger partial charge in [-0.25, -0.2) is 19.7 Å². The molecule has 0 unspecified atom stereocenters. The van der Waals surface area contributed by atoms with E-state index in [1.165, 1.54) is 11.3 Å². The largest absolute Gasteiger partial charge is 0.450 e. The van der Waals surface area contributed by atoms with Crippen LogP contribution in [0.3, 0.4) is 0 Å². The third kappa shape index (κ3) is 5.47. The van der Waals surface area contributed by atoms with Crippen molar-refractivity contribution in [2.24, 2.45) is 5.73 Å². The average Bonchev–Trinajstić information content (AvgIpc) is 3.26. The molecule has 0 saturated heterocycles. The lowest BCUT2D eigenvalue weighted by atomic mass is 10.0. The highest BCUT2D eigenvalue weighted by atomic mass is 32.1. The number of carbonyl (C=O) groups is 2. The zero-order chi connectivity index (χ0) is 25.9. The molecule has 11 heteroatoms. The quantitative estimate of drug-likeness (QED) is 0.319. The first-order valence-corrected chi connectivity index (χ1v) is 12.2. The van der Waals surface area contributed by atoms with Crippen LogP contribution >= 0.6 is 11.3 Å². The number of aromatic nitrogens is 4. The molecule has 0 aliphatic rings. The van der Waals surface area contributed by atoms with Crippen LogP contribution in [0.4, 0.5) is 9.93 Å². The summed E-state index contributed by atoms with van der Waals surface area (Å²) in [6.07, 6.45) is 5.08. The number of amides is 2. The Morgan fingerprint density at radius 1 is 1.14 bits per heavy atom. The maximum atomic E-state index is 12.0. The minimum atomic E-state index is -1.04. The van der Waals surface area contributed by atoms with E-state index in [9.17, 15) is 9.59 Å². The number of ether oxygens (including phenoxy) is 1. The number of pyridine rings is 1. The number of carbonyl (C=O) groups excluding carboxylic acids is 2. The van der Waals surface area contributed by atoms with Crippen LogP contribution in [0.1, 0.15) is 33.5 Å². The summed E-state index contributed by atoms with van der Waals surface area (Å²) in [4.78, 5) is 42.1. The van der Waals surface area contributed by atoms with Crippen molar-refractivity contribution in [1.82, 2.24) is 25.3 Å². The summed E-state index contributed by atoms with van der Waals surface area (Å²) in [6, 6.07) is 8.55. The number of thiazole rings is 1. The lowest BCUT2D eigenvalue weighted by Gasteiger charge is -2.24. The number of esters is 1. The van der Waals surface area contributed by atoms with Crippen molar-refractivity contribution in [2.75, 3.05) is 11.9 Å². The summed E-state index contributed by atoms with van der Waals surface area (Å²) >= 11 is 1.38. The number of rotatable bonds is 7. The van der Waals surface area contributed by atoms with Gasteiger partial charge in [0.05, 0.1) is 15.9 Å². The Hall–Kier alpha value is -3.96. The van der Waals surface area contributed by atoms with Crippen molar-refractivity contribution in [3.05, 3.63) is 54.7 Å². The molecule has 0 fully saturated rings. The monoisotopic (exact) mass is 505 g/mol. The van der Waals surface area contributed by atoms with Gasteiger partial charge in [0.1, 0.15) is 6.04 Å². The maximum Gasteiger partial charge on any atom is 0.323 e. The highest BCUT2D eigenvalue weighted by molar-refractivity contribution is 7.22. The number of nitrogens with one attached hydrogen (secondary N) is 2. The average molecular weight is 506 g/mol. The van der Waals surface area contributed by atoms with E-state index in [1.807, 2.05) is 37.3 Å². The minimum absolute atomic E-state index is 0.313. The van der Waals surface area contributed by atoms with Crippen LogP contribution in [-0.4, -0.2) is 44.5 Å². The van der Waals surface area contributed by atoms with Gasteiger partial charge in [-0.15, -0.1) is 0 Å². The molecule has 1 aromatic carbocycles. The van der Waals surface area contributed by atoms with Crippen molar-refractivity contribution in [1.29, 1.82) is 0 Å². The number of anilines is 1. The van der Waals surface area contributed by atoms with Crippen LogP contribution in [-0.2, 0) is 15.1 Å². The molecule has 0 radical (unpaired) electrons. The third-order valence-electron chi connectivity index (χ3n) is 5.24. The van der Waals surface area contributed by atoms with Gasteiger partial charge in [0, 0.05) is 36.3 Å². The van der Waals surface area contributed by atoms with Crippen molar-refractivity contribution >= 4 is 38.7 Å². The normalized spacial score (nSPS) is 12.2. The fourth-order valence-corrected chi connectivity index (χ4v) is 4.41. The number of nitrogens with two attached hydrogens (primary N) is 1. The Kier molecular flexibility index (Phi) is 7.22. The summed E-state index contributed by atoms with van der Waals surface area (Å²) in [5, 5.41) is 5.97. The van der Waals surface area contributed by atoms with Gasteiger partial charge < -0.3 is 15.8 Å². The zero-order valence-electron chi connectivity index (χ0n) is 20.4. The molecular formula is C25H27N7O3S. The first-order valence-electron chi connectivity index (χ1n) is 11.4. The fraction of sp³-hybridized carbons (Fsp3) is 0.280. The number of hydrogen-bond donors (Lipinski definition) is 3. The molecule has 3 heterocycles. The van der Waals surface area contributed by atoms with E-state index in [0.29, 0.717) is 23.0 Å². The smallest absolute Gasteiger partial charge is 0.323 e. The number of fused-ring (bicyclic) bond motifs is 1. The molecule has 186 valence electrons. The maximum absolute atomic E-state index is 12.0. The van der Waals surface area contributed by atoms with Gasteiger partial charge in [-0.05, 0) is 57.5 Å². The molecule has 1 atom stereocenters. The number of benzene rings is 1. The highest BCUT2D eigenvalue weighted by Gasteiger charge is 2.30. The Morgan fingerprint density at radius 3 is 2.53 bits per heavy atom. The molecule has 4 aromatic rings. The molecular weight excluding hydrogens is 478 g/mol. The van der Waals surface area contributed by atoms with E-state index in [2.05, 4.69) is 30.6 Å². The molecule has 0 bridgehead atoms. The van der Waals surface area contributed by atoms with E-state index in [0.717, 1.165) is 27.1 Å². The molecule has 0 saturated carbocycles. The van der Waals surface area contributed by atoms with E-state index in [-0.39, 0.29) is 6.03 Å². The Bertz CT molecular complexity index is 1390. The topological polar surface area (TPSA) is 145 Å². The number of urea groups is 1. The SMILES string of the molecule is CCNC(=O)Nc1nc2cc(-c3cnc(C(C)(C)OC(=O)[C@H](C)N)nc3)cc(-c3ccccn3)c2s1. The standard InChI is InChI=1S/C25H27N7O3S/c1-5-27-23(34)32-24-31-19-11-15(10-17(20(19)36-24)18-8-6-7-9-28-18)16-12-29-22(30-13-16)25(3,4)35-21(33)14(2)26/h6-14H,5,26H2,1-4H3,(H2,27,31,32,34)/t14-/m0/s1. The Labute approximate surface area is 212 Å². The van der Waals surface area contributed by atoms with E-state index in [4.69, 9.17) is 10.5 Å². The first kappa shape index (κ1) is 25.1. The van der Waals surface area contributed by atoms with Crippen LogP contribution < -0.4 is 16.4 Å². The van der Waals surface area contributed by atoms with Crippen LogP contribution in [0.25, 0.3) is 32.6 Å². The Balaban J connectivity index is 1.73. The molecule has 4 N–H and O–H groups in total. The van der Waals surface area contributed by atoms with Crippen molar-refractivity contribution in [3.63, 3.8) is 0 Å². The summed E-state index contributed by atoms with van der Waals surface area (Å²) in [5.74, 6) is -0.174. The third-order valence-corrected chi connectivity index (χ3v) is 6.26. The highest BCUT2D eigenvalue weighted by Crippen LogP contribution is 2.38. The number of hydrogen-bond acceptors (Lipinski definition) is 9. The van der Waals surface area contributed by atoms with Gasteiger partial charge in [-0.2, -0.15) is 0 Å². The lowest BCUT2D eigenvalue weighted by Crippen LogP contribution is -2.36. The first-order chi connectivity index (χ1) is 17.2. The molecule has 3 aromatic heterocycles. The number of nitrogens with zero attached hydrogens (tertiary/aromatic N) is 4. The lowest BCUT2D eigenvalue weighted by molar-refractivity contribution is -0.159. The second-order valence-electron chi connectivity index (χ2n) is 8.61. The van der Waals surface area contributed by atoms with Crippen molar-refractivity contribution in [3.8, 4) is 22.4 Å². The molecule has 0 aliphatic carbocycles. The summed E-state index contributed by atoms with van der Waals surface area (Å²) < 4.78 is 6.37. The molecule has 0 spiro atoms. The van der Waals surface area contributed by atoms with Crippen LogP contribution in [0, 0.1) is 0 Å². The van der Waals surface area contributed by atoms with Crippen LogP contribution in [0.2, 0.25) is 0 Å². The predicted molar refractivity (Wildman–Crippen MR) is 139 cm³/mol. The van der Waals surface area contributed by atoms with Gasteiger partial charge >= 0.3 is 12.0 Å². The summed E-state index contributed by atoms with van der Waals surface area (Å²) in [7, 11) is 0. The fourth-order valence-electron chi connectivity index (χ4n) is 3.45. The van der Waals surface area contributed by atoms with Gasteiger partial charge in [0.25, 0.3) is 0 Å². The van der Waals surface area contributed by atoms with Gasteiger partial charge in [-0.3, -0.25) is 15.1 Å². The van der Waals surface area contributed by atoms with Crippen LogP contribution in [0.15, 0.2) is 48.9 Å². The van der Waals surface area contributed by atoms with E-state index >= 15 is 0 Å². The summed E-state index contributed by atoms with van der Waals surface area (Å²) in [6.45, 7) is 7.35. The summed E-state index contributed by atoms with van der Waals surface area (Å²) in [5.41, 5.74) is 8.52. The van der Waals surface area contributed by atoms with Crippen LogP contribution in [0.5, 0.6) is 0 Å². The molecule has 36 heavy (non-hydrogen) atoms. The van der Waals surface area contributed by atoms with Gasteiger partial charge in [0.2, 0.25) is 0 Å². The molecule has 2 amide bonds. The molecule has 0 aliphatic heterocycles. The van der Waals surface area contributed by atoms with Crippen molar-refractivity contribution in [2.45, 2.75) is 39.3 Å². The van der Waals surface area contributed by atoms with Gasteiger partial charge in [-0.1, -0.05) is 17.4 Å². The predicted octanol–water partition coefficient (Wildman–Crippen LogP) is 4.08. The minimum Gasteiger partial charge on any atom is -0.450 e. The molecule has 10 nitrogen and oxygen atoms in total.